The van der Waals surface area contributed by atoms with Crippen LogP contribution in [0.5, 0.6) is 0 Å². The van der Waals surface area contributed by atoms with E-state index in [9.17, 15) is 13.2 Å². The fourth-order valence-electron chi connectivity index (χ4n) is 1.95. The lowest BCUT2D eigenvalue weighted by Gasteiger charge is -2.09. The monoisotopic (exact) mass is 305 g/mol. The van der Waals surface area contributed by atoms with Gasteiger partial charge >= 0.3 is 5.97 Å². The van der Waals surface area contributed by atoms with Crippen LogP contribution in [0.3, 0.4) is 0 Å². The molecule has 1 aliphatic rings. The molecule has 0 aliphatic carbocycles. The molecule has 0 saturated carbocycles. The zero-order chi connectivity index (χ0) is 13.9. The van der Waals surface area contributed by atoms with Crippen LogP contribution in [0.25, 0.3) is 0 Å². The summed E-state index contributed by atoms with van der Waals surface area (Å²) < 4.78 is 31.6. The fraction of sp³-hybridized carbons (Fsp3) is 0.545. The Morgan fingerprint density at radius 3 is 3.00 bits per heavy atom. The van der Waals surface area contributed by atoms with Crippen molar-refractivity contribution in [3.8, 4) is 0 Å². The summed E-state index contributed by atoms with van der Waals surface area (Å²) in [5.74, 6) is -0.844. The lowest BCUT2D eigenvalue weighted by Crippen LogP contribution is -2.27. The second-order valence-corrected chi connectivity index (χ2v) is 6.99. The number of sulfonamides is 1. The molecule has 0 radical (unpaired) electrons. The standard InChI is InChI=1S/C11H15NO5S2/c13-11(14)10-9(3-6-18-10)19(15,16)12-4-1-8-2-5-17-7-8/h3,6,8,12H,1-2,4-5,7H2,(H,13,14). The van der Waals surface area contributed by atoms with Crippen LogP contribution in [-0.4, -0.2) is 39.3 Å². The number of hydrogen-bond acceptors (Lipinski definition) is 5. The molecule has 8 heteroatoms. The average Bonchev–Trinajstić information content (AvgIpc) is 2.99. The van der Waals surface area contributed by atoms with Crippen molar-refractivity contribution in [2.24, 2.45) is 5.92 Å². The second kappa shape index (κ2) is 6.00. The SMILES string of the molecule is O=C(O)c1sccc1S(=O)(=O)NCCC1CCOC1. The smallest absolute Gasteiger partial charge is 0.347 e. The van der Waals surface area contributed by atoms with Crippen molar-refractivity contribution >= 4 is 27.3 Å². The third kappa shape index (κ3) is 3.53. The summed E-state index contributed by atoms with van der Waals surface area (Å²) in [6.07, 6.45) is 1.65. The molecular weight excluding hydrogens is 290 g/mol. The molecular formula is C11H15NO5S2. The molecule has 2 rings (SSSR count). The van der Waals surface area contributed by atoms with Gasteiger partial charge in [0.05, 0.1) is 0 Å². The highest BCUT2D eigenvalue weighted by atomic mass is 32.2. The number of aromatic carboxylic acids is 1. The van der Waals surface area contributed by atoms with Gasteiger partial charge in [-0.15, -0.1) is 11.3 Å². The molecule has 0 bridgehead atoms. The van der Waals surface area contributed by atoms with Gasteiger partial charge in [-0.05, 0) is 30.2 Å². The molecule has 1 saturated heterocycles. The predicted octanol–water partition coefficient (Wildman–Crippen LogP) is 1.15. The number of hydrogen-bond donors (Lipinski definition) is 2. The van der Waals surface area contributed by atoms with E-state index in [0.717, 1.165) is 24.4 Å². The number of carbonyl (C=O) groups is 1. The second-order valence-electron chi connectivity index (χ2n) is 4.34. The number of ether oxygens (including phenoxy) is 1. The zero-order valence-electron chi connectivity index (χ0n) is 10.2. The van der Waals surface area contributed by atoms with Crippen LogP contribution in [0, 0.1) is 5.92 Å². The van der Waals surface area contributed by atoms with Crippen LogP contribution in [0.1, 0.15) is 22.5 Å². The normalized spacial score (nSPS) is 19.7. The molecule has 0 amide bonds. The van der Waals surface area contributed by atoms with Crippen LogP contribution in [0.15, 0.2) is 16.3 Å². The summed E-state index contributed by atoms with van der Waals surface area (Å²) in [6.45, 7) is 1.69. The maximum Gasteiger partial charge on any atom is 0.347 e. The highest BCUT2D eigenvalue weighted by Crippen LogP contribution is 2.22. The molecule has 2 heterocycles. The molecule has 1 fully saturated rings. The van der Waals surface area contributed by atoms with E-state index < -0.39 is 16.0 Å². The Kier molecular flexibility index (Phi) is 4.56. The molecule has 1 aromatic rings. The summed E-state index contributed by atoms with van der Waals surface area (Å²) in [5, 5.41) is 10.4. The van der Waals surface area contributed by atoms with Crippen molar-refractivity contribution in [2.75, 3.05) is 19.8 Å². The van der Waals surface area contributed by atoms with Gasteiger partial charge in [0, 0.05) is 19.8 Å². The molecule has 1 unspecified atom stereocenters. The van der Waals surface area contributed by atoms with Crippen LogP contribution < -0.4 is 4.72 Å². The topological polar surface area (TPSA) is 92.7 Å². The number of nitrogens with one attached hydrogen (secondary N) is 1. The van der Waals surface area contributed by atoms with E-state index in [0.29, 0.717) is 25.5 Å². The van der Waals surface area contributed by atoms with E-state index in [1.54, 1.807) is 0 Å². The van der Waals surface area contributed by atoms with Crippen molar-refractivity contribution in [1.29, 1.82) is 0 Å². The fourth-order valence-corrected chi connectivity index (χ4v) is 4.26. The van der Waals surface area contributed by atoms with Gasteiger partial charge in [-0.1, -0.05) is 0 Å². The highest BCUT2D eigenvalue weighted by Gasteiger charge is 2.24. The first-order valence-corrected chi connectivity index (χ1v) is 8.25. The summed E-state index contributed by atoms with van der Waals surface area (Å²) >= 11 is 0.905. The van der Waals surface area contributed by atoms with Crippen molar-refractivity contribution in [2.45, 2.75) is 17.7 Å². The number of rotatable bonds is 6. The summed E-state index contributed by atoms with van der Waals surface area (Å²) in [6, 6.07) is 1.31. The maximum absolute atomic E-state index is 12.0. The quantitative estimate of drug-likeness (QED) is 0.822. The largest absolute Gasteiger partial charge is 0.477 e. The average molecular weight is 305 g/mol. The summed E-state index contributed by atoms with van der Waals surface area (Å²) in [5.41, 5.74) is 0. The Morgan fingerprint density at radius 1 is 1.58 bits per heavy atom. The minimum Gasteiger partial charge on any atom is -0.477 e. The number of carboxylic acid groups (broad SMARTS) is 1. The van der Waals surface area contributed by atoms with E-state index in [1.165, 1.54) is 11.4 Å². The van der Waals surface area contributed by atoms with Crippen LogP contribution in [-0.2, 0) is 14.8 Å². The van der Waals surface area contributed by atoms with Gasteiger partial charge in [-0.3, -0.25) is 0 Å². The van der Waals surface area contributed by atoms with E-state index in [1.807, 2.05) is 0 Å². The van der Waals surface area contributed by atoms with Gasteiger partial charge in [-0.25, -0.2) is 17.9 Å². The Balaban J connectivity index is 1.97. The van der Waals surface area contributed by atoms with Crippen molar-refractivity contribution in [3.63, 3.8) is 0 Å². The lowest BCUT2D eigenvalue weighted by molar-refractivity contribution is 0.0698. The minimum absolute atomic E-state index is 0.156. The molecule has 1 aliphatic heterocycles. The van der Waals surface area contributed by atoms with Crippen LogP contribution in [0.2, 0.25) is 0 Å². The molecule has 19 heavy (non-hydrogen) atoms. The van der Waals surface area contributed by atoms with Gasteiger partial charge in [0.25, 0.3) is 0 Å². The van der Waals surface area contributed by atoms with Crippen LogP contribution >= 0.6 is 11.3 Å². The van der Waals surface area contributed by atoms with E-state index in [-0.39, 0.29) is 9.77 Å². The van der Waals surface area contributed by atoms with Crippen LogP contribution in [0.4, 0.5) is 0 Å². The Morgan fingerprint density at radius 2 is 2.37 bits per heavy atom. The van der Waals surface area contributed by atoms with Crippen molar-refractivity contribution in [1.82, 2.24) is 4.72 Å². The first-order chi connectivity index (χ1) is 9.00. The first-order valence-electron chi connectivity index (χ1n) is 5.89. The summed E-state index contributed by atoms with van der Waals surface area (Å²) in [4.78, 5) is 10.6. The van der Waals surface area contributed by atoms with Crippen molar-refractivity contribution < 1.29 is 23.1 Å². The van der Waals surface area contributed by atoms with Gasteiger partial charge < -0.3 is 9.84 Å². The van der Waals surface area contributed by atoms with Crippen molar-refractivity contribution in [3.05, 3.63) is 16.3 Å². The Hall–Kier alpha value is -0.960. The molecule has 2 N–H and O–H groups in total. The molecule has 0 aromatic carbocycles. The van der Waals surface area contributed by atoms with E-state index in [4.69, 9.17) is 9.84 Å². The third-order valence-corrected chi connectivity index (χ3v) is 5.52. The number of thiophene rings is 1. The Bertz CT molecular complexity index is 545. The predicted molar refractivity (Wildman–Crippen MR) is 70.0 cm³/mol. The molecule has 1 aromatic heterocycles. The minimum atomic E-state index is -3.75. The molecule has 1 atom stereocenters. The molecule has 0 spiro atoms. The third-order valence-electron chi connectivity index (χ3n) is 2.98. The van der Waals surface area contributed by atoms with E-state index in [2.05, 4.69) is 4.72 Å². The highest BCUT2D eigenvalue weighted by molar-refractivity contribution is 7.89. The number of carboxylic acids is 1. The van der Waals surface area contributed by atoms with Gasteiger partial charge in [0.15, 0.2) is 0 Å². The van der Waals surface area contributed by atoms with E-state index >= 15 is 0 Å². The molecule has 106 valence electrons. The molecule has 6 nitrogen and oxygen atoms in total. The Labute approximate surface area is 115 Å². The first kappa shape index (κ1) is 14.4. The zero-order valence-corrected chi connectivity index (χ0v) is 11.8. The summed E-state index contributed by atoms with van der Waals surface area (Å²) in [7, 11) is -3.75. The van der Waals surface area contributed by atoms with Gasteiger partial charge in [0.1, 0.15) is 9.77 Å². The lowest BCUT2D eigenvalue weighted by atomic mass is 10.1. The van der Waals surface area contributed by atoms with Gasteiger partial charge in [0.2, 0.25) is 10.0 Å². The maximum atomic E-state index is 12.0. The van der Waals surface area contributed by atoms with Gasteiger partial charge in [-0.2, -0.15) is 0 Å².